The molecule has 0 amide bonds. The minimum Gasteiger partial charge on any atom is -0.489 e. The number of benzene rings is 1. The van der Waals surface area contributed by atoms with Gasteiger partial charge in [0.05, 0.1) is 6.54 Å². The number of aryl methyl sites for hydroxylation is 1. The van der Waals surface area contributed by atoms with Crippen LogP contribution in [0.4, 0.5) is 0 Å². The third-order valence-electron chi connectivity index (χ3n) is 3.40. The largest absolute Gasteiger partial charge is 0.489 e. The van der Waals surface area contributed by atoms with Gasteiger partial charge in [0.2, 0.25) is 0 Å². The molecule has 0 bridgehead atoms. The van der Waals surface area contributed by atoms with E-state index in [1.807, 2.05) is 31.2 Å². The molecule has 1 heterocycles. The van der Waals surface area contributed by atoms with Gasteiger partial charge in [-0.2, -0.15) is 0 Å². The summed E-state index contributed by atoms with van der Waals surface area (Å²) >= 11 is 3.44. The summed E-state index contributed by atoms with van der Waals surface area (Å²) in [5, 5.41) is 3.45. The lowest BCUT2D eigenvalue weighted by molar-refractivity contribution is 0.303. The van der Waals surface area contributed by atoms with E-state index in [-0.39, 0.29) is 0 Å². The Balaban J connectivity index is 1.58. The van der Waals surface area contributed by atoms with Crippen LogP contribution in [0.25, 0.3) is 0 Å². The molecular weight excluding hydrogens is 318 g/mol. The van der Waals surface area contributed by atoms with E-state index < -0.39 is 0 Å². The highest BCUT2D eigenvalue weighted by atomic mass is 79.9. The van der Waals surface area contributed by atoms with Gasteiger partial charge in [0.1, 0.15) is 23.9 Å². The summed E-state index contributed by atoms with van der Waals surface area (Å²) in [6.45, 7) is 3.33. The van der Waals surface area contributed by atoms with Crippen LogP contribution in [-0.4, -0.2) is 6.04 Å². The molecule has 1 aliphatic rings. The summed E-state index contributed by atoms with van der Waals surface area (Å²) in [5.41, 5.74) is 1.11. The lowest BCUT2D eigenvalue weighted by Gasteiger charge is -2.05. The number of ether oxygens (including phenoxy) is 1. The van der Waals surface area contributed by atoms with Gasteiger partial charge in [0.25, 0.3) is 0 Å². The molecule has 1 fully saturated rings. The summed E-state index contributed by atoms with van der Waals surface area (Å²) < 4.78 is 12.6. The Labute approximate surface area is 127 Å². The van der Waals surface area contributed by atoms with E-state index in [4.69, 9.17) is 9.15 Å². The molecule has 0 unspecified atom stereocenters. The van der Waals surface area contributed by atoms with Crippen LogP contribution in [0.3, 0.4) is 0 Å². The number of rotatable bonds is 6. The maximum Gasteiger partial charge on any atom is 0.120 e. The Morgan fingerprint density at radius 1 is 1.35 bits per heavy atom. The van der Waals surface area contributed by atoms with Crippen LogP contribution in [0.15, 0.2) is 39.2 Å². The van der Waals surface area contributed by atoms with Gasteiger partial charge >= 0.3 is 0 Å². The number of hydrogen-bond donors (Lipinski definition) is 1. The predicted molar refractivity (Wildman–Crippen MR) is 81.8 cm³/mol. The van der Waals surface area contributed by atoms with E-state index in [2.05, 4.69) is 27.3 Å². The van der Waals surface area contributed by atoms with Crippen molar-refractivity contribution in [2.24, 2.45) is 0 Å². The molecule has 0 radical (unpaired) electrons. The number of halogens is 1. The first kappa shape index (κ1) is 13.7. The molecule has 106 valence electrons. The van der Waals surface area contributed by atoms with Crippen molar-refractivity contribution in [1.82, 2.24) is 5.32 Å². The van der Waals surface area contributed by atoms with Gasteiger partial charge in [0, 0.05) is 16.1 Å². The molecular formula is C16H18BrNO2. The van der Waals surface area contributed by atoms with Crippen LogP contribution >= 0.6 is 15.9 Å². The summed E-state index contributed by atoms with van der Waals surface area (Å²) in [4.78, 5) is 0. The number of nitrogens with one attached hydrogen (secondary N) is 1. The second-order valence-electron chi connectivity index (χ2n) is 5.20. The first-order valence-electron chi connectivity index (χ1n) is 6.90. The number of hydrogen-bond acceptors (Lipinski definition) is 3. The molecule has 0 saturated heterocycles. The summed E-state index contributed by atoms with van der Waals surface area (Å²) in [7, 11) is 0. The predicted octanol–water partition coefficient (Wildman–Crippen LogP) is 4.18. The first-order valence-corrected chi connectivity index (χ1v) is 7.70. The van der Waals surface area contributed by atoms with Crippen molar-refractivity contribution in [3.63, 3.8) is 0 Å². The maximum absolute atomic E-state index is 5.79. The third kappa shape index (κ3) is 3.64. The summed E-state index contributed by atoms with van der Waals surface area (Å²) in [5.74, 6) is 2.78. The molecule has 3 rings (SSSR count). The van der Waals surface area contributed by atoms with Gasteiger partial charge in [-0.05, 0) is 44.0 Å². The molecule has 1 N–H and O–H groups in total. The highest BCUT2D eigenvalue weighted by Crippen LogP contribution is 2.22. The van der Waals surface area contributed by atoms with Crippen molar-refractivity contribution in [3.05, 3.63) is 51.9 Å². The van der Waals surface area contributed by atoms with Gasteiger partial charge in [-0.25, -0.2) is 0 Å². The number of furan rings is 1. The first-order chi connectivity index (χ1) is 9.70. The van der Waals surface area contributed by atoms with Gasteiger partial charge in [-0.15, -0.1) is 0 Å². The van der Waals surface area contributed by atoms with Gasteiger partial charge in [-0.1, -0.05) is 22.0 Å². The molecule has 20 heavy (non-hydrogen) atoms. The highest BCUT2D eigenvalue weighted by Gasteiger charge is 2.20. The Kier molecular flexibility index (Phi) is 4.13. The second kappa shape index (κ2) is 6.02. The standard InChI is InChI=1S/C16H18BrNO2/c1-11-12(7-16(20-11)9-18-14-5-6-14)10-19-15-4-2-3-13(17)8-15/h2-4,7-8,14,18H,5-6,9-10H2,1H3. The average molecular weight is 336 g/mol. The van der Waals surface area contributed by atoms with Crippen LogP contribution in [0.1, 0.15) is 29.9 Å². The maximum atomic E-state index is 5.79. The Bertz CT molecular complexity index is 590. The zero-order chi connectivity index (χ0) is 13.9. The van der Waals surface area contributed by atoms with E-state index in [9.17, 15) is 0 Å². The van der Waals surface area contributed by atoms with Gasteiger partial charge in [0.15, 0.2) is 0 Å². The lowest BCUT2D eigenvalue weighted by Crippen LogP contribution is -2.14. The summed E-state index contributed by atoms with van der Waals surface area (Å²) in [6, 6.07) is 10.6. The zero-order valence-electron chi connectivity index (χ0n) is 11.5. The van der Waals surface area contributed by atoms with E-state index >= 15 is 0 Å². The van der Waals surface area contributed by atoms with Crippen LogP contribution in [0.2, 0.25) is 0 Å². The van der Waals surface area contributed by atoms with E-state index in [1.54, 1.807) is 0 Å². The summed E-state index contributed by atoms with van der Waals surface area (Å²) in [6.07, 6.45) is 2.58. The fourth-order valence-corrected chi connectivity index (χ4v) is 2.45. The normalized spacial score (nSPS) is 14.5. The molecule has 0 spiro atoms. The quantitative estimate of drug-likeness (QED) is 0.859. The van der Waals surface area contributed by atoms with Gasteiger partial charge < -0.3 is 14.5 Å². The van der Waals surface area contributed by atoms with Gasteiger partial charge in [-0.3, -0.25) is 0 Å². The van der Waals surface area contributed by atoms with Crippen molar-refractivity contribution >= 4 is 15.9 Å². The smallest absolute Gasteiger partial charge is 0.120 e. The zero-order valence-corrected chi connectivity index (χ0v) is 13.1. The molecule has 2 aromatic rings. The van der Waals surface area contributed by atoms with Crippen molar-refractivity contribution < 1.29 is 9.15 Å². The third-order valence-corrected chi connectivity index (χ3v) is 3.90. The van der Waals surface area contributed by atoms with Crippen molar-refractivity contribution in [2.45, 2.75) is 39.0 Å². The van der Waals surface area contributed by atoms with Crippen LogP contribution in [0, 0.1) is 6.92 Å². The molecule has 0 atom stereocenters. The van der Waals surface area contributed by atoms with Crippen molar-refractivity contribution in [1.29, 1.82) is 0 Å². The van der Waals surface area contributed by atoms with E-state index in [1.165, 1.54) is 12.8 Å². The Hall–Kier alpha value is -1.26. The van der Waals surface area contributed by atoms with E-state index in [0.717, 1.165) is 33.9 Å². The van der Waals surface area contributed by atoms with Crippen LogP contribution in [0.5, 0.6) is 5.75 Å². The van der Waals surface area contributed by atoms with Crippen LogP contribution in [-0.2, 0) is 13.2 Å². The Morgan fingerprint density at radius 3 is 2.95 bits per heavy atom. The van der Waals surface area contributed by atoms with Crippen molar-refractivity contribution in [2.75, 3.05) is 0 Å². The molecule has 3 nitrogen and oxygen atoms in total. The fraction of sp³-hybridized carbons (Fsp3) is 0.375. The minimum atomic E-state index is 0.537. The van der Waals surface area contributed by atoms with E-state index in [0.29, 0.717) is 12.6 Å². The molecule has 1 aliphatic carbocycles. The second-order valence-corrected chi connectivity index (χ2v) is 6.11. The Morgan fingerprint density at radius 2 is 2.20 bits per heavy atom. The fourth-order valence-electron chi connectivity index (χ4n) is 2.07. The molecule has 4 heteroatoms. The molecule has 1 aromatic heterocycles. The average Bonchev–Trinajstić information content (AvgIpc) is 3.18. The monoisotopic (exact) mass is 335 g/mol. The van der Waals surface area contributed by atoms with Crippen molar-refractivity contribution in [3.8, 4) is 5.75 Å². The SMILES string of the molecule is Cc1oc(CNC2CC2)cc1COc1cccc(Br)c1. The lowest BCUT2D eigenvalue weighted by atomic mass is 10.2. The molecule has 0 aliphatic heterocycles. The molecule has 1 saturated carbocycles. The van der Waals surface area contributed by atoms with Crippen LogP contribution < -0.4 is 10.1 Å². The molecule has 1 aromatic carbocycles. The minimum absolute atomic E-state index is 0.537. The topological polar surface area (TPSA) is 34.4 Å². The highest BCUT2D eigenvalue weighted by molar-refractivity contribution is 9.10.